The van der Waals surface area contributed by atoms with Crippen molar-refractivity contribution in [2.45, 2.75) is 77.0 Å². The molecule has 1 saturated carbocycles. The van der Waals surface area contributed by atoms with Crippen LogP contribution in [0.3, 0.4) is 0 Å². The predicted octanol–water partition coefficient (Wildman–Crippen LogP) is 5.20. The normalized spacial score (nSPS) is 24.4. The van der Waals surface area contributed by atoms with Crippen molar-refractivity contribution in [1.29, 1.82) is 5.41 Å². The van der Waals surface area contributed by atoms with Crippen LogP contribution in [0.5, 0.6) is 0 Å². The summed E-state index contributed by atoms with van der Waals surface area (Å²) in [6.45, 7) is 8.15. The van der Waals surface area contributed by atoms with Crippen molar-refractivity contribution in [3.63, 3.8) is 0 Å². The lowest BCUT2D eigenvalue weighted by Crippen LogP contribution is -2.48. The minimum absolute atomic E-state index is 0.518. The standard InChI is InChI=1S/C28H46N6/c1-30-27-24(10-11-25(31-27)33-16-6-2-3-7-17-33)26(29)34-20-14-28(15-21-34)12-18-32(19-13-28)22-23-8-4-5-9-23/h10-11,23,29H,2-9,12-22H2,1H3,(H,30,31). The van der Waals surface area contributed by atoms with Gasteiger partial charge in [0.15, 0.2) is 0 Å². The van der Waals surface area contributed by atoms with Gasteiger partial charge in [0.2, 0.25) is 0 Å². The van der Waals surface area contributed by atoms with Gasteiger partial charge in [-0.25, -0.2) is 4.98 Å². The van der Waals surface area contributed by atoms with Crippen LogP contribution in [0.2, 0.25) is 0 Å². The highest BCUT2D eigenvalue weighted by molar-refractivity contribution is 6.01. The fraction of sp³-hybridized carbons (Fsp3) is 0.786. The molecule has 1 aliphatic carbocycles. The molecule has 0 atom stereocenters. The number of nitrogens with one attached hydrogen (secondary N) is 2. The molecule has 0 bridgehead atoms. The summed E-state index contributed by atoms with van der Waals surface area (Å²) < 4.78 is 0. The number of aromatic nitrogens is 1. The van der Waals surface area contributed by atoms with Gasteiger partial charge in [0.05, 0.1) is 5.56 Å². The summed E-state index contributed by atoms with van der Waals surface area (Å²) in [5.74, 6) is 3.53. The van der Waals surface area contributed by atoms with Gasteiger partial charge in [-0.15, -0.1) is 0 Å². The van der Waals surface area contributed by atoms with E-state index < -0.39 is 0 Å². The predicted molar refractivity (Wildman–Crippen MR) is 142 cm³/mol. The molecule has 2 N–H and O–H groups in total. The van der Waals surface area contributed by atoms with Gasteiger partial charge >= 0.3 is 0 Å². The van der Waals surface area contributed by atoms with Gasteiger partial charge in [0.1, 0.15) is 17.5 Å². The van der Waals surface area contributed by atoms with Crippen molar-refractivity contribution in [3.8, 4) is 0 Å². The number of amidine groups is 1. The van der Waals surface area contributed by atoms with Crippen molar-refractivity contribution in [3.05, 3.63) is 17.7 Å². The molecule has 3 saturated heterocycles. The molecule has 6 nitrogen and oxygen atoms in total. The quantitative estimate of drug-likeness (QED) is 0.462. The van der Waals surface area contributed by atoms with Crippen molar-refractivity contribution in [1.82, 2.24) is 14.8 Å². The molecule has 0 radical (unpaired) electrons. The minimum Gasteiger partial charge on any atom is -0.372 e. The first-order valence-corrected chi connectivity index (χ1v) is 14.2. The Kier molecular flexibility index (Phi) is 7.62. The summed E-state index contributed by atoms with van der Waals surface area (Å²) in [6, 6.07) is 4.27. The molecule has 5 rings (SSSR count). The number of pyridine rings is 1. The first-order valence-electron chi connectivity index (χ1n) is 14.2. The maximum Gasteiger partial charge on any atom is 0.139 e. The molecule has 0 aromatic carbocycles. The Morgan fingerprint density at radius 2 is 1.56 bits per heavy atom. The number of piperidine rings is 2. The number of hydrogen-bond donors (Lipinski definition) is 2. The molecule has 0 unspecified atom stereocenters. The van der Waals surface area contributed by atoms with Crippen LogP contribution in [0, 0.1) is 16.7 Å². The molecule has 6 heteroatoms. The summed E-state index contributed by atoms with van der Waals surface area (Å²) in [6.07, 6.45) is 16.2. The van der Waals surface area contributed by atoms with Crippen LogP contribution < -0.4 is 10.2 Å². The zero-order valence-electron chi connectivity index (χ0n) is 21.5. The zero-order valence-corrected chi connectivity index (χ0v) is 21.5. The molecule has 1 aromatic heterocycles. The summed E-state index contributed by atoms with van der Waals surface area (Å²) >= 11 is 0. The molecule has 4 aliphatic rings. The average molecular weight is 467 g/mol. The van der Waals surface area contributed by atoms with Gasteiger partial charge in [-0.05, 0) is 87.9 Å². The van der Waals surface area contributed by atoms with E-state index in [0.29, 0.717) is 11.3 Å². The SMILES string of the molecule is CNc1nc(N2CCCCCC2)ccc1C(=N)N1CCC2(CCN(CC3CCCC3)CC2)CC1. The van der Waals surface area contributed by atoms with Crippen LogP contribution in [0.1, 0.15) is 82.6 Å². The van der Waals surface area contributed by atoms with Gasteiger partial charge in [0, 0.05) is 39.8 Å². The Labute approximate surface area is 207 Å². The maximum atomic E-state index is 9.00. The Morgan fingerprint density at radius 3 is 2.21 bits per heavy atom. The van der Waals surface area contributed by atoms with Crippen molar-refractivity contribution >= 4 is 17.5 Å². The first kappa shape index (κ1) is 23.9. The van der Waals surface area contributed by atoms with E-state index in [0.717, 1.165) is 49.3 Å². The lowest BCUT2D eigenvalue weighted by molar-refractivity contribution is 0.0471. The Bertz CT molecular complexity index is 806. The van der Waals surface area contributed by atoms with E-state index in [4.69, 9.17) is 10.4 Å². The van der Waals surface area contributed by atoms with E-state index >= 15 is 0 Å². The highest BCUT2D eigenvalue weighted by Crippen LogP contribution is 2.42. The number of rotatable bonds is 5. The average Bonchev–Trinajstić information content (AvgIpc) is 3.24. The van der Waals surface area contributed by atoms with E-state index in [2.05, 4.69) is 32.1 Å². The van der Waals surface area contributed by atoms with Gasteiger partial charge in [-0.2, -0.15) is 0 Å². The molecule has 4 heterocycles. The summed E-state index contributed by atoms with van der Waals surface area (Å²) in [5.41, 5.74) is 1.47. The van der Waals surface area contributed by atoms with Gasteiger partial charge < -0.3 is 20.0 Å². The lowest BCUT2D eigenvalue weighted by Gasteiger charge is -2.47. The zero-order chi connectivity index (χ0) is 23.4. The highest BCUT2D eigenvalue weighted by atomic mass is 15.2. The molecular formula is C28H46N6. The van der Waals surface area contributed by atoms with Crippen LogP contribution in [0.4, 0.5) is 11.6 Å². The smallest absolute Gasteiger partial charge is 0.139 e. The lowest BCUT2D eigenvalue weighted by atomic mass is 9.71. The van der Waals surface area contributed by atoms with Crippen LogP contribution in [-0.2, 0) is 0 Å². The number of nitrogens with zero attached hydrogens (tertiary/aromatic N) is 4. The second-order valence-corrected chi connectivity index (χ2v) is 11.5. The molecule has 4 fully saturated rings. The molecule has 34 heavy (non-hydrogen) atoms. The van der Waals surface area contributed by atoms with Crippen molar-refractivity contribution in [2.24, 2.45) is 11.3 Å². The summed E-state index contributed by atoms with van der Waals surface area (Å²) in [4.78, 5) is 12.4. The largest absolute Gasteiger partial charge is 0.372 e. The third kappa shape index (κ3) is 5.37. The molecule has 1 spiro atoms. The molecule has 1 aromatic rings. The Hall–Kier alpha value is -1.82. The van der Waals surface area contributed by atoms with Crippen molar-refractivity contribution in [2.75, 3.05) is 63.1 Å². The van der Waals surface area contributed by atoms with Crippen LogP contribution in [-0.4, -0.2) is 73.5 Å². The van der Waals surface area contributed by atoms with Gasteiger partial charge in [0.25, 0.3) is 0 Å². The van der Waals surface area contributed by atoms with E-state index in [1.807, 2.05) is 7.05 Å². The van der Waals surface area contributed by atoms with E-state index in [1.165, 1.54) is 96.7 Å². The van der Waals surface area contributed by atoms with Crippen LogP contribution in [0.15, 0.2) is 12.1 Å². The van der Waals surface area contributed by atoms with E-state index in [9.17, 15) is 0 Å². The number of anilines is 2. The van der Waals surface area contributed by atoms with Gasteiger partial charge in [-0.3, -0.25) is 5.41 Å². The fourth-order valence-corrected chi connectivity index (χ4v) is 6.95. The Morgan fingerprint density at radius 1 is 0.912 bits per heavy atom. The molecule has 188 valence electrons. The topological polar surface area (TPSA) is 58.5 Å². The Balaban J connectivity index is 1.16. The molecular weight excluding hydrogens is 420 g/mol. The summed E-state index contributed by atoms with van der Waals surface area (Å²) in [5, 5.41) is 12.3. The maximum absolute atomic E-state index is 9.00. The van der Waals surface area contributed by atoms with Crippen LogP contribution in [0.25, 0.3) is 0 Å². The second kappa shape index (κ2) is 10.8. The number of hydrogen-bond acceptors (Lipinski definition) is 5. The van der Waals surface area contributed by atoms with E-state index in [-0.39, 0.29) is 0 Å². The highest BCUT2D eigenvalue weighted by Gasteiger charge is 2.38. The molecule has 0 amide bonds. The van der Waals surface area contributed by atoms with Crippen molar-refractivity contribution < 1.29 is 0 Å². The monoisotopic (exact) mass is 466 g/mol. The first-order chi connectivity index (χ1) is 16.7. The third-order valence-electron chi connectivity index (χ3n) is 9.35. The number of likely N-dealkylation sites (tertiary alicyclic amines) is 2. The van der Waals surface area contributed by atoms with E-state index in [1.54, 1.807) is 0 Å². The fourth-order valence-electron chi connectivity index (χ4n) is 6.95. The second-order valence-electron chi connectivity index (χ2n) is 11.5. The third-order valence-corrected chi connectivity index (χ3v) is 9.35. The minimum atomic E-state index is 0.518. The van der Waals surface area contributed by atoms with Gasteiger partial charge in [-0.1, -0.05) is 25.7 Å². The molecule has 3 aliphatic heterocycles. The van der Waals surface area contributed by atoms with Crippen LogP contribution >= 0.6 is 0 Å². The summed E-state index contributed by atoms with van der Waals surface area (Å²) in [7, 11) is 1.94.